The molecule has 1 aromatic carbocycles. The fraction of sp³-hybridized carbons (Fsp3) is 0.480. The van der Waals surface area contributed by atoms with Crippen LogP contribution < -0.4 is 10.6 Å². The zero-order chi connectivity index (χ0) is 22.6. The van der Waals surface area contributed by atoms with E-state index < -0.39 is 5.97 Å². The zero-order valence-electron chi connectivity index (χ0n) is 18.9. The number of hydrogen-bond acceptors (Lipinski definition) is 7. The average Bonchev–Trinajstić information content (AvgIpc) is 2.77. The van der Waals surface area contributed by atoms with Crippen molar-refractivity contribution in [2.45, 2.75) is 51.0 Å². The van der Waals surface area contributed by atoms with Crippen molar-refractivity contribution in [1.82, 2.24) is 4.98 Å². The Labute approximate surface area is 189 Å². The number of esters is 1. The van der Waals surface area contributed by atoms with Crippen molar-refractivity contribution in [1.29, 1.82) is 5.41 Å². The first-order chi connectivity index (χ1) is 15.5. The number of anilines is 3. The Morgan fingerprint density at radius 3 is 2.66 bits per heavy atom. The molecular weight excluding hydrogens is 404 g/mol. The minimum atomic E-state index is -0.508. The molecule has 0 spiro atoms. The molecule has 2 aliphatic rings. The minimum absolute atomic E-state index is 0.202. The Hall–Kier alpha value is -2.93. The number of methoxy groups -OCH3 is 1. The summed E-state index contributed by atoms with van der Waals surface area (Å²) in [7, 11) is 1.35. The molecule has 0 bridgehead atoms. The van der Waals surface area contributed by atoms with Gasteiger partial charge in [0.15, 0.2) is 5.69 Å². The summed E-state index contributed by atoms with van der Waals surface area (Å²) in [5.41, 5.74) is 2.75. The van der Waals surface area contributed by atoms with Gasteiger partial charge < -0.3 is 25.5 Å². The second kappa shape index (κ2) is 9.69. The highest BCUT2D eigenvalue weighted by molar-refractivity contribution is 6.10. The van der Waals surface area contributed by atoms with Crippen molar-refractivity contribution in [2.24, 2.45) is 5.92 Å². The van der Waals surface area contributed by atoms with Crippen molar-refractivity contribution in [3.63, 3.8) is 0 Å². The number of pyridine rings is 1. The Morgan fingerprint density at radius 2 is 2.03 bits per heavy atom. The predicted molar refractivity (Wildman–Crippen MR) is 126 cm³/mol. The van der Waals surface area contributed by atoms with Crippen molar-refractivity contribution < 1.29 is 14.3 Å². The van der Waals surface area contributed by atoms with Gasteiger partial charge in [0.2, 0.25) is 0 Å². The van der Waals surface area contributed by atoms with Gasteiger partial charge in [-0.2, -0.15) is 0 Å². The van der Waals surface area contributed by atoms with Gasteiger partial charge in [0.1, 0.15) is 5.82 Å². The summed E-state index contributed by atoms with van der Waals surface area (Å²) in [5.74, 6) is 0.193. The van der Waals surface area contributed by atoms with Crippen LogP contribution in [-0.2, 0) is 9.47 Å². The van der Waals surface area contributed by atoms with Crippen LogP contribution in [0.25, 0.3) is 0 Å². The van der Waals surface area contributed by atoms with E-state index in [1.54, 1.807) is 6.07 Å². The highest BCUT2D eigenvalue weighted by atomic mass is 16.5. The van der Waals surface area contributed by atoms with Crippen LogP contribution in [0, 0.1) is 11.3 Å². The number of aromatic nitrogens is 1. The van der Waals surface area contributed by atoms with E-state index in [0.717, 1.165) is 50.8 Å². The van der Waals surface area contributed by atoms with E-state index in [-0.39, 0.29) is 17.2 Å². The SMILES string of the molecule is COC(=O)c1cc(NCC2(C)CCCCO2)c(C(=N)C2CCC2)c(Nc2ccccc2)n1. The largest absolute Gasteiger partial charge is 0.464 e. The number of rotatable bonds is 8. The van der Waals surface area contributed by atoms with Crippen LogP contribution in [0.2, 0.25) is 0 Å². The average molecular weight is 437 g/mol. The molecule has 2 aromatic rings. The van der Waals surface area contributed by atoms with Gasteiger partial charge in [0.05, 0.1) is 18.3 Å². The lowest BCUT2D eigenvalue weighted by atomic mass is 9.79. The standard InChI is InChI=1S/C25H32N4O3/c1-25(13-6-7-14-32-25)16-27-19-15-20(24(30)31-2)29-23(28-18-11-4-3-5-12-18)21(19)22(26)17-9-8-10-17/h3-5,11-12,15,17,26H,6-10,13-14,16H2,1-2H3,(H2,27,28,29). The Morgan fingerprint density at radius 1 is 1.25 bits per heavy atom. The van der Waals surface area contributed by atoms with Gasteiger partial charge in [-0.25, -0.2) is 9.78 Å². The van der Waals surface area contributed by atoms with E-state index in [2.05, 4.69) is 22.5 Å². The number of carbonyl (C=O) groups is 1. The third-order valence-corrected chi connectivity index (χ3v) is 6.44. The maximum absolute atomic E-state index is 12.4. The molecule has 1 atom stereocenters. The molecule has 1 aliphatic heterocycles. The van der Waals surface area contributed by atoms with Crippen molar-refractivity contribution in [3.05, 3.63) is 47.7 Å². The van der Waals surface area contributed by atoms with Crippen molar-refractivity contribution in [2.75, 3.05) is 30.9 Å². The molecule has 32 heavy (non-hydrogen) atoms. The van der Waals surface area contributed by atoms with E-state index in [1.807, 2.05) is 30.3 Å². The highest BCUT2D eigenvalue weighted by Gasteiger charge is 2.31. The van der Waals surface area contributed by atoms with E-state index >= 15 is 0 Å². The number of hydrogen-bond donors (Lipinski definition) is 3. The Kier molecular flexibility index (Phi) is 6.74. The quantitative estimate of drug-likeness (QED) is 0.391. The van der Waals surface area contributed by atoms with Crippen LogP contribution >= 0.6 is 0 Å². The molecular formula is C25H32N4O3. The lowest BCUT2D eigenvalue weighted by Crippen LogP contribution is -2.40. The number of nitrogens with zero attached hydrogens (tertiary/aromatic N) is 1. The van der Waals surface area contributed by atoms with E-state index in [9.17, 15) is 4.79 Å². The topological polar surface area (TPSA) is 96.3 Å². The molecule has 3 N–H and O–H groups in total. The molecule has 170 valence electrons. The molecule has 7 nitrogen and oxygen atoms in total. The van der Waals surface area contributed by atoms with Crippen LogP contribution in [0.1, 0.15) is 61.5 Å². The first kappa shape index (κ1) is 22.3. The van der Waals surface area contributed by atoms with E-state index in [4.69, 9.17) is 14.9 Å². The first-order valence-corrected chi connectivity index (χ1v) is 11.4. The van der Waals surface area contributed by atoms with Gasteiger partial charge in [-0.1, -0.05) is 24.6 Å². The second-order valence-corrected chi connectivity index (χ2v) is 8.91. The van der Waals surface area contributed by atoms with Gasteiger partial charge in [-0.15, -0.1) is 0 Å². The van der Waals surface area contributed by atoms with Gasteiger partial charge in [0, 0.05) is 36.2 Å². The van der Waals surface area contributed by atoms with Crippen molar-refractivity contribution >= 4 is 28.9 Å². The molecule has 7 heteroatoms. The normalized spacial score (nSPS) is 20.8. The van der Waals surface area contributed by atoms with E-state index in [1.165, 1.54) is 7.11 Å². The summed E-state index contributed by atoms with van der Waals surface area (Å²) in [4.78, 5) is 17.0. The Bertz CT molecular complexity index is 967. The summed E-state index contributed by atoms with van der Waals surface area (Å²) in [6.07, 6.45) is 6.33. The fourth-order valence-corrected chi connectivity index (χ4v) is 4.23. The lowest BCUT2D eigenvalue weighted by Gasteiger charge is -2.35. The summed E-state index contributed by atoms with van der Waals surface area (Å²) >= 11 is 0. The minimum Gasteiger partial charge on any atom is -0.464 e. The first-order valence-electron chi connectivity index (χ1n) is 11.4. The van der Waals surface area contributed by atoms with Gasteiger partial charge in [-0.05, 0) is 57.2 Å². The molecule has 0 radical (unpaired) electrons. The molecule has 1 unspecified atom stereocenters. The number of para-hydroxylation sites is 1. The summed E-state index contributed by atoms with van der Waals surface area (Å²) < 4.78 is 11.0. The van der Waals surface area contributed by atoms with Gasteiger partial charge >= 0.3 is 5.97 Å². The van der Waals surface area contributed by atoms with Crippen LogP contribution in [0.4, 0.5) is 17.2 Å². The highest BCUT2D eigenvalue weighted by Crippen LogP contribution is 2.36. The molecule has 2 fully saturated rings. The Balaban J connectivity index is 1.74. The summed E-state index contributed by atoms with van der Waals surface area (Å²) in [6.45, 7) is 3.46. The molecule has 1 saturated heterocycles. The molecule has 0 amide bonds. The monoisotopic (exact) mass is 436 g/mol. The third-order valence-electron chi connectivity index (χ3n) is 6.44. The molecule has 1 saturated carbocycles. The van der Waals surface area contributed by atoms with E-state index in [0.29, 0.717) is 29.3 Å². The number of carbonyl (C=O) groups excluding carboxylic acids is 1. The smallest absolute Gasteiger partial charge is 0.356 e. The summed E-state index contributed by atoms with van der Waals surface area (Å²) in [6, 6.07) is 11.4. The zero-order valence-corrected chi connectivity index (χ0v) is 18.9. The molecule has 2 heterocycles. The molecule has 1 aliphatic carbocycles. The van der Waals surface area contributed by atoms with Crippen LogP contribution in [-0.4, -0.2) is 42.5 Å². The second-order valence-electron chi connectivity index (χ2n) is 8.91. The summed E-state index contributed by atoms with van der Waals surface area (Å²) in [5, 5.41) is 15.8. The van der Waals surface area contributed by atoms with Crippen LogP contribution in [0.15, 0.2) is 36.4 Å². The number of benzene rings is 1. The molecule has 4 rings (SSSR count). The van der Waals surface area contributed by atoms with Gasteiger partial charge in [-0.3, -0.25) is 0 Å². The fourth-order valence-electron chi connectivity index (χ4n) is 4.23. The number of nitrogens with one attached hydrogen (secondary N) is 3. The van der Waals surface area contributed by atoms with Crippen molar-refractivity contribution in [3.8, 4) is 0 Å². The lowest BCUT2D eigenvalue weighted by molar-refractivity contribution is -0.0550. The predicted octanol–water partition coefficient (Wildman–Crippen LogP) is 5.15. The molecule has 1 aromatic heterocycles. The number of ether oxygens (including phenoxy) is 2. The maximum Gasteiger partial charge on any atom is 0.356 e. The van der Waals surface area contributed by atoms with Crippen LogP contribution in [0.5, 0.6) is 0 Å². The third kappa shape index (κ3) is 4.93. The van der Waals surface area contributed by atoms with Gasteiger partial charge in [0.25, 0.3) is 0 Å². The van der Waals surface area contributed by atoms with Crippen LogP contribution in [0.3, 0.4) is 0 Å². The maximum atomic E-state index is 12.4.